The maximum Gasteiger partial charge on any atom is 0.227 e. The van der Waals surface area contributed by atoms with Crippen LogP contribution in [0.25, 0.3) is 10.8 Å². The van der Waals surface area contributed by atoms with Gasteiger partial charge in [0.25, 0.3) is 0 Å². The van der Waals surface area contributed by atoms with Crippen LogP contribution in [-0.4, -0.2) is 30.2 Å². The van der Waals surface area contributed by atoms with E-state index in [0.717, 1.165) is 38.2 Å². The van der Waals surface area contributed by atoms with Gasteiger partial charge in [0.15, 0.2) is 0 Å². The number of benzene rings is 3. The van der Waals surface area contributed by atoms with Crippen LogP contribution >= 0.6 is 11.8 Å². The Hall–Kier alpha value is -2.30. The summed E-state index contributed by atoms with van der Waals surface area (Å²) in [6.45, 7) is 2.88. The quantitative estimate of drug-likeness (QED) is 0.591. The van der Waals surface area contributed by atoms with E-state index in [1.54, 1.807) is 11.8 Å². The standard InChI is InChI=1S/C24H26N2OS/c1-28-22-10-5-9-21(16-22)25-24(27)19-12-14-26(15-13-19)17-20-8-4-7-18-6-2-3-11-23(18)20/h2-11,16,19H,12-15,17H2,1H3,(H,25,27). The van der Waals surface area contributed by atoms with Gasteiger partial charge in [-0.3, -0.25) is 9.69 Å². The van der Waals surface area contributed by atoms with Crippen LogP contribution in [0.15, 0.2) is 71.6 Å². The lowest BCUT2D eigenvalue weighted by atomic mass is 9.95. The van der Waals surface area contributed by atoms with Crippen molar-refractivity contribution in [3.8, 4) is 0 Å². The van der Waals surface area contributed by atoms with Crippen molar-refractivity contribution in [1.29, 1.82) is 0 Å². The second-order valence-corrected chi connectivity index (χ2v) is 8.29. The molecule has 1 N–H and O–H groups in total. The SMILES string of the molecule is CSc1cccc(NC(=O)C2CCN(Cc3cccc4ccccc34)CC2)c1. The van der Waals surface area contributed by atoms with Crippen molar-refractivity contribution in [2.24, 2.45) is 5.92 Å². The molecule has 1 aliphatic heterocycles. The molecule has 4 rings (SSSR count). The highest BCUT2D eigenvalue weighted by molar-refractivity contribution is 7.98. The molecular formula is C24H26N2OS. The molecule has 0 spiro atoms. The Balaban J connectivity index is 1.34. The van der Waals surface area contributed by atoms with Crippen LogP contribution in [0.1, 0.15) is 18.4 Å². The molecular weight excluding hydrogens is 364 g/mol. The molecule has 3 nitrogen and oxygen atoms in total. The third-order valence-electron chi connectivity index (χ3n) is 5.57. The lowest BCUT2D eigenvalue weighted by Crippen LogP contribution is -2.37. The van der Waals surface area contributed by atoms with Crippen molar-refractivity contribution < 1.29 is 4.79 Å². The Kier molecular flexibility index (Phi) is 5.98. The van der Waals surface area contributed by atoms with E-state index in [-0.39, 0.29) is 11.8 Å². The minimum Gasteiger partial charge on any atom is -0.326 e. The number of rotatable bonds is 5. The molecule has 28 heavy (non-hydrogen) atoms. The number of likely N-dealkylation sites (tertiary alicyclic amines) is 1. The van der Waals surface area contributed by atoms with Crippen LogP contribution in [0.4, 0.5) is 5.69 Å². The molecule has 4 heteroatoms. The molecule has 0 unspecified atom stereocenters. The molecule has 3 aromatic rings. The smallest absolute Gasteiger partial charge is 0.227 e. The number of thioether (sulfide) groups is 1. The number of hydrogen-bond acceptors (Lipinski definition) is 3. The van der Waals surface area contributed by atoms with Gasteiger partial charge in [0.05, 0.1) is 0 Å². The minimum atomic E-state index is 0.0988. The molecule has 0 aromatic heterocycles. The summed E-state index contributed by atoms with van der Waals surface area (Å²) in [5.41, 5.74) is 2.27. The van der Waals surface area contributed by atoms with E-state index in [4.69, 9.17) is 0 Å². The summed E-state index contributed by atoms with van der Waals surface area (Å²) in [7, 11) is 0. The number of carbonyl (C=O) groups excluding carboxylic acids is 1. The first-order valence-electron chi connectivity index (χ1n) is 9.87. The average molecular weight is 391 g/mol. The second kappa shape index (κ2) is 8.80. The van der Waals surface area contributed by atoms with Crippen molar-refractivity contribution in [3.05, 3.63) is 72.3 Å². The highest BCUT2D eigenvalue weighted by atomic mass is 32.2. The molecule has 3 aromatic carbocycles. The maximum absolute atomic E-state index is 12.7. The van der Waals surface area contributed by atoms with Gasteiger partial charge in [0, 0.05) is 23.0 Å². The Morgan fingerprint density at radius 3 is 2.61 bits per heavy atom. The fourth-order valence-electron chi connectivity index (χ4n) is 3.97. The van der Waals surface area contributed by atoms with Gasteiger partial charge in [-0.1, -0.05) is 48.5 Å². The van der Waals surface area contributed by atoms with E-state index < -0.39 is 0 Å². The first-order valence-corrected chi connectivity index (χ1v) is 11.1. The van der Waals surface area contributed by atoms with Gasteiger partial charge in [-0.05, 0) is 66.7 Å². The lowest BCUT2D eigenvalue weighted by Gasteiger charge is -2.31. The molecule has 1 heterocycles. The predicted octanol–water partition coefficient (Wildman–Crippen LogP) is 5.41. The number of anilines is 1. The van der Waals surface area contributed by atoms with Crippen LogP contribution in [0.5, 0.6) is 0 Å². The number of carbonyl (C=O) groups is 1. The zero-order valence-electron chi connectivity index (χ0n) is 16.2. The molecule has 1 fully saturated rings. The van der Waals surface area contributed by atoms with E-state index in [9.17, 15) is 4.79 Å². The summed E-state index contributed by atoms with van der Waals surface area (Å²) in [5, 5.41) is 5.73. The van der Waals surface area contributed by atoms with Gasteiger partial charge in [-0.15, -0.1) is 11.8 Å². The van der Waals surface area contributed by atoms with E-state index in [1.807, 2.05) is 24.5 Å². The Morgan fingerprint density at radius 1 is 1.04 bits per heavy atom. The van der Waals surface area contributed by atoms with Crippen LogP contribution in [-0.2, 0) is 11.3 Å². The molecule has 1 aliphatic rings. The largest absolute Gasteiger partial charge is 0.326 e. The monoisotopic (exact) mass is 390 g/mol. The minimum absolute atomic E-state index is 0.0988. The number of hydrogen-bond donors (Lipinski definition) is 1. The maximum atomic E-state index is 12.7. The molecule has 0 saturated carbocycles. The van der Waals surface area contributed by atoms with E-state index >= 15 is 0 Å². The fourth-order valence-corrected chi connectivity index (χ4v) is 4.43. The normalized spacial score (nSPS) is 15.6. The zero-order valence-corrected chi connectivity index (χ0v) is 17.0. The number of piperidine rings is 1. The van der Waals surface area contributed by atoms with Crippen molar-refractivity contribution in [3.63, 3.8) is 0 Å². The number of nitrogens with one attached hydrogen (secondary N) is 1. The van der Waals surface area contributed by atoms with Crippen LogP contribution < -0.4 is 5.32 Å². The second-order valence-electron chi connectivity index (χ2n) is 7.41. The number of fused-ring (bicyclic) bond motifs is 1. The van der Waals surface area contributed by atoms with Gasteiger partial charge in [-0.25, -0.2) is 0 Å². The lowest BCUT2D eigenvalue weighted by molar-refractivity contribution is -0.121. The third kappa shape index (κ3) is 4.40. The highest BCUT2D eigenvalue weighted by Crippen LogP contribution is 2.25. The van der Waals surface area contributed by atoms with Crippen LogP contribution in [0.3, 0.4) is 0 Å². The van der Waals surface area contributed by atoms with Crippen molar-refractivity contribution in [2.45, 2.75) is 24.3 Å². The van der Waals surface area contributed by atoms with Crippen LogP contribution in [0, 0.1) is 5.92 Å². The van der Waals surface area contributed by atoms with Crippen molar-refractivity contribution in [1.82, 2.24) is 4.90 Å². The molecule has 144 valence electrons. The third-order valence-corrected chi connectivity index (χ3v) is 6.29. The topological polar surface area (TPSA) is 32.3 Å². The summed E-state index contributed by atoms with van der Waals surface area (Å²) in [5.74, 6) is 0.254. The van der Waals surface area contributed by atoms with Crippen molar-refractivity contribution >= 4 is 34.1 Å². The van der Waals surface area contributed by atoms with E-state index in [1.165, 1.54) is 21.2 Å². The van der Waals surface area contributed by atoms with E-state index in [0.29, 0.717) is 0 Å². The Labute approximate surface area is 171 Å². The van der Waals surface area contributed by atoms with Gasteiger partial charge in [0.1, 0.15) is 0 Å². The van der Waals surface area contributed by atoms with Gasteiger partial charge < -0.3 is 5.32 Å². The van der Waals surface area contributed by atoms with Gasteiger partial charge in [0.2, 0.25) is 5.91 Å². The molecule has 0 bridgehead atoms. The molecule has 1 amide bonds. The summed E-state index contributed by atoms with van der Waals surface area (Å²) >= 11 is 1.69. The number of nitrogens with zero attached hydrogens (tertiary/aromatic N) is 1. The average Bonchev–Trinajstić information content (AvgIpc) is 2.74. The summed E-state index contributed by atoms with van der Waals surface area (Å²) < 4.78 is 0. The zero-order chi connectivity index (χ0) is 19.3. The molecule has 0 atom stereocenters. The number of amides is 1. The summed E-state index contributed by atoms with van der Waals surface area (Å²) in [6.07, 6.45) is 3.88. The van der Waals surface area contributed by atoms with Gasteiger partial charge >= 0.3 is 0 Å². The summed E-state index contributed by atoms with van der Waals surface area (Å²) in [6, 6.07) is 23.2. The predicted molar refractivity (Wildman–Crippen MR) is 119 cm³/mol. The molecule has 0 radical (unpaired) electrons. The van der Waals surface area contributed by atoms with Crippen LogP contribution in [0.2, 0.25) is 0 Å². The Bertz CT molecular complexity index is 958. The van der Waals surface area contributed by atoms with Gasteiger partial charge in [-0.2, -0.15) is 0 Å². The summed E-state index contributed by atoms with van der Waals surface area (Å²) in [4.78, 5) is 16.3. The molecule has 1 saturated heterocycles. The fraction of sp³-hybridized carbons (Fsp3) is 0.292. The Morgan fingerprint density at radius 2 is 1.79 bits per heavy atom. The first-order chi connectivity index (χ1) is 13.7. The first kappa shape index (κ1) is 19.0. The molecule has 0 aliphatic carbocycles. The van der Waals surface area contributed by atoms with Crippen molar-refractivity contribution in [2.75, 3.05) is 24.7 Å². The highest BCUT2D eigenvalue weighted by Gasteiger charge is 2.25. The van der Waals surface area contributed by atoms with E-state index in [2.05, 4.69) is 58.7 Å².